The summed E-state index contributed by atoms with van der Waals surface area (Å²) >= 11 is 0. The highest BCUT2D eigenvalue weighted by molar-refractivity contribution is 5.77. The Kier molecular flexibility index (Phi) is 5.50. The lowest BCUT2D eigenvalue weighted by Crippen LogP contribution is -2.38. The second-order valence-corrected chi connectivity index (χ2v) is 7.31. The number of nitrogen functional groups attached to an aromatic ring is 1. The summed E-state index contributed by atoms with van der Waals surface area (Å²) in [5.41, 5.74) is 8.16. The van der Waals surface area contributed by atoms with Crippen molar-refractivity contribution in [1.29, 1.82) is 0 Å². The zero-order chi connectivity index (χ0) is 20.2. The summed E-state index contributed by atoms with van der Waals surface area (Å²) in [5.74, 6) is 1.46. The lowest BCUT2D eigenvalue weighted by molar-refractivity contribution is -0.122. The highest BCUT2D eigenvalue weighted by Crippen LogP contribution is 2.29. The molecule has 3 aromatic rings. The zero-order valence-corrected chi connectivity index (χ0v) is 16.4. The number of rotatable bonds is 6. The fourth-order valence-electron chi connectivity index (χ4n) is 3.69. The van der Waals surface area contributed by atoms with Crippen LogP contribution in [0.1, 0.15) is 24.8 Å². The van der Waals surface area contributed by atoms with E-state index in [-0.39, 0.29) is 11.8 Å². The summed E-state index contributed by atoms with van der Waals surface area (Å²) in [5, 5.41) is 2.95. The lowest BCUT2D eigenvalue weighted by Gasteiger charge is -2.31. The van der Waals surface area contributed by atoms with Crippen molar-refractivity contribution in [3.8, 4) is 5.75 Å². The molecule has 1 aliphatic heterocycles. The van der Waals surface area contributed by atoms with Crippen LogP contribution in [0.4, 0.5) is 11.8 Å². The number of aromatic nitrogens is 2. The maximum atomic E-state index is 12.4. The number of benzene rings is 1. The molecule has 3 N–H and O–H groups in total. The van der Waals surface area contributed by atoms with Gasteiger partial charge in [0.05, 0.1) is 7.11 Å². The monoisotopic (exact) mass is 395 g/mol. The van der Waals surface area contributed by atoms with Crippen LogP contribution in [0.5, 0.6) is 5.75 Å². The maximum Gasteiger partial charge on any atom is 0.298 e. The Morgan fingerprint density at radius 2 is 2.31 bits per heavy atom. The zero-order valence-electron chi connectivity index (χ0n) is 16.4. The number of hydrogen-bond donors (Lipinski definition) is 2. The van der Waals surface area contributed by atoms with Crippen LogP contribution < -0.4 is 20.7 Å². The number of carbonyl (C=O) groups is 1. The first-order chi connectivity index (χ1) is 14.1. The quantitative estimate of drug-likeness (QED) is 0.661. The number of amides is 1. The Morgan fingerprint density at radius 3 is 3.14 bits per heavy atom. The number of methoxy groups -OCH3 is 1. The molecule has 1 amide bonds. The molecule has 0 radical (unpaired) electrons. The molecule has 1 aliphatic rings. The molecule has 0 bridgehead atoms. The highest BCUT2D eigenvalue weighted by Gasteiger charge is 2.25. The van der Waals surface area contributed by atoms with E-state index in [1.54, 1.807) is 13.3 Å². The number of carbonyl (C=O) groups excluding carboxylic acids is 1. The Balaban J connectivity index is 1.35. The van der Waals surface area contributed by atoms with Crippen LogP contribution in [0.3, 0.4) is 0 Å². The Labute approximate surface area is 169 Å². The van der Waals surface area contributed by atoms with Gasteiger partial charge in [-0.1, -0.05) is 6.07 Å². The summed E-state index contributed by atoms with van der Waals surface area (Å²) in [6.45, 7) is 2.00. The molecule has 2 aromatic heterocycles. The van der Waals surface area contributed by atoms with Crippen molar-refractivity contribution in [3.05, 3.63) is 42.1 Å². The average molecular weight is 395 g/mol. The van der Waals surface area contributed by atoms with Gasteiger partial charge >= 0.3 is 0 Å². The molecule has 1 unspecified atom stereocenters. The first kappa shape index (κ1) is 19.0. The van der Waals surface area contributed by atoms with Gasteiger partial charge in [0.2, 0.25) is 5.91 Å². The number of ether oxygens (including phenoxy) is 1. The van der Waals surface area contributed by atoms with Crippen LogP contribution in [0.2, 0.25) is 0 Å². The number of pyridine rings is 1. The molecular weight excluding hydrogens is 370 g/mol. The molecule has 8 heteroatoms. The van der Waals surface area contributed by atoms with Crippen molar-refractivity contribution in [1.82, 2.24) is 15.3 Å². The number of nitrogens with two attached hydrogens (primary N) is 1. The van der Waals surface area contributed by atoms with E-state index in [1.165, 1.54) is 0 Å². The summed E-state index contributed by atoms with van der Waals surface area (Å²) < 4.78 is 11.2. The molecule has 29 heavy (non-hydrogen) atoms. The number of anilines is 2. The summed E-state index contributed by atoms with van der Waals surface area (Å²) in [6, 6.07) is 9.86. The van der Waals surface area contributed by atoms with Gasteiger partial charge in [-0.3, -0.25) is 4.79 Å². The molecule has 1 aromatic carbocycles. The van der Waals surface area contributed by atoms with Gasteiger partial charge in [-0.15, -0.1) is 0 Å². The second kappa shape index (κ2) is 8.38. The van der Waals surface area contributed by atoms with E-state index in [2.05, 4.69) is 20.2 Å². The smallest absolute Gasteiger partial charge is 0.298 e. The van der Waals surface area contributed by atoms with Crippen molar-refractivity contribution in [3.63, 3.8) is 0 Å². The van der Waals surface area contributed by atoms with Crippen LogP contribution in [-0.4, -0.2) is 36.1 Å². The standard InChI is InChI=1S/C21H25N5O3/c1-28-16-6-7-18-17(11-16)25-21(29-18)26-9-3-4-14(13-26)10-19(27)24-12-15-5-2-8-23-20(15)22/h2,5-8,11,14H,3-4,9-10,12-13H2,1H3,(H2,22,23)(H,24,27). The molecule has 1 fully saturated rings. The molecule has 8 nitrogen and oxygen atoms in total. The van der Waals surface area contributed by atoms with E-state index in [4.69, 9.17) is 14.9 Å². The topological polar surface area (TPSA) is 107 Å². The Bertz CT molecular complexity index is 1000. The highest BCUT2D eigenvalue weighted by atomic mass is 16.5. The average Bonchev–Trinajstić information content (AvgIpc) is 3.17. The molecule has 152 valence electrons. The SMILES string of the molecule is COc1ccc2oc(N3CCCC(CC(=O)NCc4cccnc4N)C3)nc2c1. The summed E-state index contributed by atoms with van der Waals surface area (Å²) in [7, 11) is 1.63. The van der Waals surface area contributed by atoms with Crippen molar-refractivity contribution in [2.24, 2.45) is 5.92 Å². The van der Waals surface area contributed by atoms with E-state index >= 15 is 0 Å². The van der Waals surface area contributed by atoms with E-state index in [0.717, 1.165) is 48.3 Å². The van der Waals surface area contributed by atoms with Crippen molar-refractivity contribution >= 4 is 28.8 Å². The fraction of sp³-hybridized carbons (Fsp3) is 0.381. The van der Waals surface area contributed by atoms with Crippen molar-refractivity contribution < 1.29 is 13.9 Å². The number of hydrogen-bond acceptors (Lipinski definition) is 7. The molecule has 0 saturated carbocycles. The predicted octanol–water partition coefficient (Wildman–Crippen LogP) is 2.74. The third-order valence-electron chi connectivity index (χ3n) is 5.25. The Morgan fingerprint density at radius 1 is 1.41 bits per heavy atom. The Hall–Kier alpha value is -3.29. The number of nitrogens with one attached hydrogen (secondary N) is 1. The van der Waals surface area contributed by atoms with E-state index in [9.17, 15) is 4.79 Å². The molecule has 0 aliphatic carbocycles. The van der Waals surface area contributed by atoms with Gasteiger partial charge in [0.25, 0.3) is 6.01 Å². The van der Waals surface area contributed by atoms with Crippen LogP contribution in [0.15, 0.2) is 40.9 Å². The van der Waals surface area contributed by atoms with Crippen LogP contribution in [0.25, 0.3) is 11.1 Å². The van der Waals surface area contributed by atoms with E-state index in [1.807, 2.05) is 30.3 Å². The largest absolute Gasteiger partial charge is 0.497 e. The van der Waals surface area contributed by atoms with Gasteiger partial charge in [0.15, 0.2) is 5.58 Å². The van der Waals surface area contributed by atoms with Crippen LogP contribution in [0, 0.1) is 5.92 Å². The first-order valence-corrected chi connectivity index (χ1v) is 9.78. The lowest BCUT2D eigenvalue weighted by atomic mass is 9.94. The molecular formula is C21H25N5O3. The molecule has 1 atom stereocenters. The normalized spacial score (nSPS) is 16.7. The summed E-state index contributed by atoms with van der Waals surface area (Å²) in [4.78, 5) is 23.2. The third-order valence-corrected chi connectivity index (χ3v) is 5.25. The van der Waals surface area contributed by atoms with Gasteiger partial charge in [-0.2, -0.15) is 4.98 Å². The molecule has 0 spiro atoms. The number of oxazole rings is 1. The van der Waals surface area contributed by atoms with Gasteiger partial charge in [0.1, 0.15) is 17.1 Å². The molecule has 1 saturated heterocycles. The molecule has 4 rings (SSSR count). The number of fused-ring (bicyclic) bond motifs is 1. The first-order valence-electron chi connectivity index (χ1n) is 9.78. The van der Waals surface area contributed by atoms with Gasteiger partial charge < -0.3 is 25.1 Å². The van der Waals surface area contributed by atoms with Crippen LogP contribution in [-0.2, 0) is 11.3 Å². The number of nitrogens with zero attached hydrogens (tertiary/aromatic N) is 3. The third kappa shape index (κ3) is 4.42. The van der Waals surface area contributed by atoms with Gasteiger partial charge in [-0.25, -0.2) is 4.98 Å². The van der Waals surface area contributed by atoms with Crippen molar-refractivity contribution in [2.45, 2.75) is 25.8 Å². The predicted molar refractivity (Wildman–Crippen MR) is 111 cm³/mol. The summed E-state index contributed by atoms with van der Waals surface area (Å²) in [6.07, 6.45) is 4.10. The maximum absolute atomic E-state index is 12.4. The van der Waals surface area contributed by atoms with Crippen molar-refractivity contribution in [2.75, 3.05) is 30.8 Å². The minimum Gasteiger partial charge on any atom is -0.497 e. The van der Waals surface area contributed by atoms with Gasteiger partial charge in [0, 0.05) is 43.9 Å². The minimum absolute atomic E-state index is 0.0161. The van der Waals surface area contributed by atoms with Crippen LogP contribution >= 0.6 is 0 Å². The fourth-order valence-corrected chi connectivity index (χ4v) is 3.69. The minimum atomic E-state index is 0.0161. The second-order valence-electron chi connectivity index (χ2n) is 7.31. The van der Waals surface area contributed by atoms with Gasteiger partial charge in [-0.05, 0) is 37.0 Å². The molecule has 3 heterocycles. The number of piperidine rings is 1. The van der Waals surface area contributed by atoms with E-state index in [0.29, 0.717) is 24.8 Å². The van der Waals surface area contributed by atoms with E-state index < -0.39 is 0 Å².